The lowest BCUT2D eigenvalue weighted by molar-refractivity contribution is 0.555. The van der Waals surface area contributed by atoms with Gasteiger partial charge in [-0.3, -0.25) is 0 Å². The molecule has 0 heteroatoms. The summed E-state index contributed by atoms with van der Waals surface area (Å²) in [6, 6.07) is 8.71. The highest BCUT2D eigenvalue weighted by atomic mass is 14.3. The SMILES string of the molecule is CC1=Cc2ccccc2C(C)C1C. The Hall–Kier alpha value is -1.04. The largest absolute Gasteiger partial charge is 0.0693 e. The van der Waals surface area contributed by atoms with E-state index in [1.807, 2.05) is 0 Å². The smallest absolute Gasteiger partial charge is 0.0121 e. The van der Waals surface area contributed by atoms with Crippen LogP contribution in [0.2, 0.25) is 0 Å². The van der Waals surface area contributed by atoms with Crippen LogP contribution in [0.4, 0.5) is 0 Å². The number of hydrogen-bond acceptors (Lipinski definition) is 0. The highest BCUT2D eigenvalue weighted by Crippen LogP contribution is 2.37. The zero-order valence-corrected chi connectivity index (χ0v) is 8.54. The van der Waals surface area contributed by atoms with E-state index in [4.69, 9.17) is 0 Å². The van der Waals surface area contributed by atoms with E-state index in [1.165, 1.54) is 16.7 Å². The molecule has 13 heavy (non-hydrogen) atoms. The Morgan fingerprint density at radius 3 is 2.46 bits per heavy atom. The quantitative estimate of drug-likeness (QED) is 0.557. The summed E-state index contributed by atoms with van der Waals surface area (Å²) < 4.78 is 0. The molecule has 1 aromatic rings. The molecule has 1 aromatic carbocycles. The maximum absolute atomic E-state index is 2.32. The Morgan fingerprint density at radius 1 is 1.00 bits per heavy atom. The molecule has 1 aliphatic rings. The second-order valence-corrected chi connectivity index (χ2v) is 4.09. The molecule has 0 nitrogen and oxygen atoms in total. The van der Waals surface area contributed by atoms with E-state index in [0.717, 1.165) is 0 Å². The second-order valence-electron chi connectivity index (χ2n) is 4.09. The van der Waals surface area contributed by atoms with Gasteiger partial charge in [-0.25, -0.2) is 0 Å². The molecule has 0 aliphatic heterocycles. The van der Waals surface area contributed by atoms with Crippen LogP contribution in [-0.4, -0.2) is 0 Å². The van der Waals surface area contributed by atoms with Gasteiger partial charge in [-0.05, 0) is 29.9 Å². The first-order valence-electron chi connectivity index (χ1n) is 4.97. The van der Waals surface area contributed by atoms with Gasteiger partial charge in [0.2, 0.25) is 0 Å². The van der Waals surface area contributed by atoms with E-state index in [0.29, 0.717) is 11.8 Å². The molecule has 0 bridgehead atoms. The highest BCUT2D eigenvalue weighted by molar-refractivity contribution is 5.61. The van der Waals surface area contributed by atoms with Gasteiger partial charge in [-0.1, -0.05) is 49.8 Å². The van der Waals surface area contributed by atoms with E-state index in [2.05, 4.69) is 51.1 Å². The summed E-state index contributed by atoms with van der Waals surface area (Å²) >= 11 is 0. The van der Waals surface area contributed by atoms with Gasteiger partial charge in [-0.2, -0.15) is 0 Å². The summed E-state index contributed by atoms with van der Waals surface area (Å²) in [6.45, 7) is 6.86. The molecule has 0 aromatic heterocycles. The Kier molecular flexibility index (Phi) is 1.99. The van der Waals surface area contributed by atoms with Gasteiger partial charge < -0.3 is 0 Å². The fraction of sp³-hybridized carbons (Fsp3) is 0.385. The van der Waals surface area contributed by atoms with E-state index in [-0.39, 0.29) is 0 Å². The van der Waals surface area contributed by atoms with Crippen LogP contribution in [0, 0.1) is 5.92 Å². The van der Waals surface area contributed by atoms with Crippen molar-refractivity contribution in [1.82, 2.24) is 0 Å². The molecule has 0 saturated heterocycles. The summed E-state index contributed by atoms with van der Waals surface area (Å²) in [7, 11) is 0. The lowest BCUT2D eigenvalue weighted by Crippen LogP contribution is -2.12. The average molecular weight is 172 g/mol. The molecule has 0 saturated carbocycles. The first kappa shape index (κ1) is 8.55. The van der Waals surface area contributed by atoms with Crippen molar-refractivity contribution >= 4 is 6.08 Å². The van der Waals surface area contributed by atoms with E-state index in [1.54, 1.807) is 0 Å². The number of hydrogen-bond donors (Lipinski definition) is 0. The van der Waals surface area contributed by atoms with Crippen LogP contribution in [0.25, 0.3) is 6.08 Å². The van der Waals surface area contributed by atoms with Gasteiger partial charge in [0, 0.05) is 0 Å². The monoisotopic (exact) mass is 172 g/mol. The van der Waals surface area contributed by atoms with Crippen molar-refractivity contribution in [1.29, 1.82) is 0 Å². The minimum absolute atomic E-state index is 0.668. The Bertz CT molecular complexity index is 347. The minimum atomic E-state index is 0.668. The van der Waals surface area contributed by atoms with Crippen LogP contribution in [0.15, 0.2) is 29.8 Å². The number of allylic oxidation sites excluding steroid dienone is 1. The van der Waals surface area contributed by atoms with Crippen molar-refractivity contribution in [3.05, 3.63) is 41.0 Å². The number of benzene rings is 1. The second kappa shape index (κ2) is 3.02. The van der Waals surface area contributed by atoms with Crippen molar-refractivity contribution in [3.8, 4) is 0 Å². The zero-order chi connectivity index (χ0) is 9.42. The molecule has 0 amide bonds. The van der Waals surface area contributed by atoms with Gasteiger partial charge in [0.15, 0.2) is 0 Å². The molecule has 2 atom stereocenters. The summed E-state index contributed by atoms with van der Waals surface area (Å²) in [6.07, 6.45) is 2.32. The fourth-order valence-electron chi connectivity index (χ4n) is 2.10. The van der Waals surface area contributed by atoms with Gasteiger partial charge in [-0.15, -0.1) is 0 Å². The van der Waals surface area contributed by atoms with E-state index >= 15 is 0 Å². The summed E-state index contributed by atoms with van der Waals surface area (Å²) in [4.78, 5) is 0. The summed E-state index contributed by atoms with van der Waals surface area (Å²) in [5.41, 5.74) is 4.41. The summed E-state index contributed by atoms with van der Waals surface area (Å²) in [5.74, 6) is 1.36. The van der Waals surface area contributed by atoms with Crippen LogP contribution < -0.4 is 0 Å². The lowest BCUT2D eigenvalue weighted by Gasteiger charge is -2.27. The minimum Gasteiger partial charge on any atom is -0.0693 e. The maximum Gasteiger partial charge on any atom is -0.0121 e. The van der Waals surface area contributed by atoms with E-state index < -0.39 is 0 Å². The van der Waals surface area contributed by atoms with Crippen LogP contribution in [-0.2, 0) is 0 Å². The van der Waals surface area contributed by atoms with Gasteiger partial charge in [0.25, 0.3) is 0 Å². The third-order valence-corrected chi connectivity index (χ3v) is 3.34. The molecular formula is C13H16. The topological polar surface area (TPSA) is 0 Å². The van der Waals surface area contributed by atoms with Crippen molar-refractivity contribution in [3.63, 3.8) is 0 Å². The van der Waals surface area contributed by atoms with Crippen LogP contribution in [0.3, 0.4) is 0 Å². The van der Waals surface area contributed by atoms with Gasteiger partial charge in [0.1, 0.15) is 0 Å². The molecule has 1 aliphatic carbocycles. The molecule has 0 fully saturated rings. The standard InChI is InChI=1S/C13H16/c1-9-8-12-6-4-5-7-13(12)11(3)10(9)2/h4-8,10-11H,1-3H3. The van der Waals surface area contributed by atoms with Crippen LogP contribution in [0.5, 0.6) is 0 Å². The number of rotatable bonds is 0. The molecule has 0 spiro atoms. The maximum atomic E-state index is 2.32. The van der Waals surface area contributed by atoms with Gasteiger partial charge >= 0.3 is 0 Å². The average Bonchev–Trinajstić information content (AvgIpc) is 2.15. The fourth-order valence-corrected chi connectivity index (χ4v) is 2.10. The molecule has 0 heterocycles. The van der Waals surface area contributed by atoms with Crippen LogP contribution >= 0.6 is 0 Å². The number of fused-ring (bicyclic) bond motifs is 1. The highest BCUT2D eigenvalue weighted by Gasteiger charge is 2.21. The van der Waals surface area contributed by atoms with Crippen molar-refractivity contribution in [2.75, 3.05) is 0 Å². The van der Waals surface area contributed by atoms with Crippen molar-refractivity contribution < 1.29 is 0 Å². The molecule has 0 radical (unpaired) electrons. The third kappa shape index (κ3) is 1.31. The Labute approximate surface area is 80.3 Å². The predicted octanol–water partition coefficient (Wildman–Crippen LogP) is 3.84. The van der Waals surface area contributed by atoms with Gasteiger partial charge in [0.05, 0.1) is 0 Å². The van der Waals surface area contributed by atoms with Crippen molar-refractivity contribution in [2.24, 2.45) is 5.92 Å². The lowest BCUT2D eigenvalue weighted by atomic mass is 9.77. The molecule has 2 rings (SSSR count). The van der Waals surface area contributed by atoms with E-state index in [9.17, 15) is 0 Å². The third-order valence-electron chi connectivity index (χ3n) is 3.34. The van der Waals surface area contributed by atoms with Crippen LogP contribution in [0.1, 0.15) is 37.8 Å². The zero-order valence-electron chi connectivity index (χ0n) is 8.54. The Balaban J connectivity index is 2.56. The molecular weight excluding hydrogens is 156 g/mol. The van der Waals surface area contributed by atoms with Crippen molar-refractivity contribution in [2.45, 2.75) is 26.7 Å². The first-order chi connectivity index (χ1) is 6.20. The molecule has 0 N–H and O–H groups in total. The summed E-state index contributed by atoms with van der Waals surface area (Å²) in [5, 5.41) is 0. The Morgan fingerprint density at radius 2 is 1.69 bits per heavy atom. The predicted molar refractivity (Wildman–Crippen MR) is 57.7 cm³/mol. The normalized spacial score (nSPS) is 26.5. The molecule has 68 valence electrons. The molecule has 2 unspecified atom stereocenters. The first-order valence-corrected chi connectivity index (χ1v) is 4.97.